The van der Waals surface area contributed by atoms with Gasteiger partial charge in [0, 0.05) is 5.56 Å². The minimum atomic E-state index is -3.77. The molecule has 1 amide bonds. The van der Waals surface area contributed by atoms with Crippen LogP contribution in [0.4, 0.5) is 0 Å². The fourth-order valence-electron chi connectivity index (χ4n) is 2.21. The molecule has 122 valence electrons. The second kappa shape index (κ2) is 6.92. The average molecular weight is 343 g/mol. The van der Waals surface area contributed by atoms with Crippen LogP contribution in [0.1, 0.15) is 10.4 Å². The Labute approximate surface area is 141 Å². The molecular formula is C15H15B2NO5S. The lowest BCUT2D eigenvalue weighted by Crippen LogP contribution is -2.30. The van der Waals surface area contributed by atoms with Crippen molar-refractivity contribution in [3.63, 3.8) is 0 Å². The Kier molecular flexibility index (Phi) is 5.14. The third-order valence-corrected chi connectivity index (χ3v) is 5.05. The molecule has 24 heavy (non-hydrogen) atoms. The predicted molar refractivity (Wildman–Crippen MR) is 94.7 cm³/mol. The molecule has 0 radical (unpaired) electrons. The molecule has 0 aromatic heterocycles. The first-order chi connectivity index (χ1) is 11.2. The molecule has 0 aliphatic heterocycles. The van der Waals surface area contributed by atoms with Crippen LogP contribution in [0.5, 0.6) is 0 Å². The van der Waals surface area contributed by atoms with Crippen molar-refractivity contribution in [2.45, 2.75) is 9.79 Å². The van der Waals surface area contributed by atoms with Gasteiger partial charge in [-0.2, -0.15) is 0 Å². The fraction of sp³-hybridized carbons (Fsp3) is 0.0667. The lowest BCUT2D eigenvalue weighted by molar-refractivity contribution is -0.135. The van der Waals surface area contributed by atoms with E-state index in [2.05, 4.69) is 5.32 Å². The first-order valence-corrected chi connectivity index (χ1v) is 8.62. The van der Waals surface area contributed by atoms with Crippen molar-refractivity contribution in [3.8, 4) is 0 Å². The van der Waals surface area contributed by atoms with Crippen LogP contribution in [0.3, 0.4) is 0 Å². The van der Waals surface area contributed by atoms with E-state index in [9.17, 15) is 18.0 Å². The molecule has 0 aliphatic rings. The van der Waals surface area contributed by atoms with E-state index in [4.69, 9.17) is 5.11 Å². The maximum Gasteiger partial charge on any atom is 0.322 e. The molecule has 0 saturated heterocycles. The summed E-state index contributed by atoms with van der Waals surface area (Å²) in [5.41, 5.74) is 1.50. The lowest BCUT2D eigenvalue weighted by Gasteiger charge is -2.10. The van der Waals surface area contributed by atoms with E-state index in [1.54, 1.807) is 33.9 Å². The number of carbonyl (C=O) groups excluding carboxylic acids is 1. The van der Waals surface area contributed by atoms with Crippen LogP contribution in [0.25, 0.3) is 0 Å². The third-order valence-electron chi connectivity index (χ3n) is 3.32. The number of hydrogen-bond donors (Lipinski definition) is 2. The maximum absolute atomic E-state index is 12.8. The van der Waals surface area contributed by atoms with Crippen molar-refractivity contribution in [2.75, 3.05) is 6.54 Å². The van der Waals surface area contributed by atoms with Crippen molar-refractivity contribution in [2.24, 2.45) is 0 Å². The van der Waals surface area contributed by atoms with Gasteiger partial charge >= 0.3 is 5.97 Å². The average Bonchev–Trinajstić information content (AvgIpc) is 2.52. The first kappa shape index (κ1) is 17.8. The standard InChI is InChI=1S/C15H15B2NO5S/c16-10-2-1-3-12(6-10)24(22,23)13-5-9(4-11(17)7-13)15(21)18-8-14(19)20/h1-7H,8,16-17H2,(H,18,21)(H,19,20). The summed E-state index contributed by atoms with van der Waals surface area (Å²) in [5.74, 6) is -1.81. The summed E-state index contributed by atoms with van der Waals surface area (Å²) < 4.78 is 25.5. The van der Waals surface area contributed by atoms with Crippen LogP contribution in [-0.4, -0.2) is 47.6 Å². The summed E-state index contributed by atoms with van der Waals surface area (Å²) in [4.78, 5) is 22.7. The topological polar surface area (TPSA) is 101 Å². The Balaban J connectivity index is 2.44. The van der Waals surface area contributed by atoms with Gasteiger partial charge in [0.15, 0.2) is 0 Å². The minimum absolute atomic E-state index is 0.00595. The molecule has 0 atom stereocenters. The number of carboxylic acids is 1. The van der Waals surface area contributed by atoms with Crippen molar-refractivity contribution in [1.82, 2.24) is 5.32 Å². The largest absolute Gasteiger partial charge is 0.480 e. The number of benzene rings is 2. The highest BCUT2D eigenvalue weighted by molar-refractivity contribution is 7.91. The van der Waals surface area contributed by atoms with Crippen LogP contribution in [0.15, 0.2) is 52.3 Å². The molecule has 0 spiro atoms. The Morgan fingerprint density at radius 3 is 2.29 bits per heavy atom. The van der Waals surface area contributed by atoms with E-state index in [1.807, 2.05) is 0 Å². The SMILES string of the molecule is Bc1cccc(S(=O)(=O)c2cc(B)cc(C(=O)NCC(=O)O)c2)c1. The van der Waals surface area contributed by atoms with Gasteiger partial charge in [0.2, 0.25) is 9.84 Å². The highest BCUT2D eigenvalue weighted by Gasteiger charge is 2.20. The molecule has 0 saturated carbocycles. The van der Waals surface area contributed by atoms with Gasteiger partial charge < -0.3 is 10.4 Å². The summed E-state index contributed by atoms with van der Waals surface area (Å²) in [6.07, 6.45) is 0. The van der Waals surface area contributed by atoms with Gasteiger partial charge in [-0.25, -0.2) is 8.42 Å². The van der Waals surface area contributed by atoms with E-state index in [0.717, 1.165) is 5.46 Å². The summed E-state index contributed by atoms with van der Waals surface area (Å²) in [7, 11) is -0.306. The molecule has 0 unspecified atom stereocenters. The number of sulfone groups is 1. The highest BCUT2D eigenvalue weighted by atomic mass is 32.2. The molecule has 0 bridgehead atoms. The summed E-state index contributed by atoms with van der Waals surface area (Å²) >= 11 is 0. The van der Waals surface area contributed by atoms with Gasteiger partial charge in [-0.1, -0.05) is 29.1 Å². The van der Waals surface area contributed by atoms with Crippen LogP contribution in [0, 0.1) is 0 Å². The second-order valence-electron chi connectivity index (χ2n) is 5.43. The van der Waals surface area contributed by atoms with Gasteiger partial charge in [-0.15, -0.1) is 0 Å². The number of nitrogens with one attached hydrogen (secondary N) is 1. The number of rotatable bonds is 5. The predicted octanol–water partition coefficient (Wildman–Crippen LogP) is -2.15. The minimum Gasteiger partial charge on any atom is -0.480 e. The van der Waals surface area contributed by atoms with Crippen molar-refractivity contribution in [3.05, 3.63) is 48.0 Å². The Morgan fingerprint density at radius 2 is 1.67 bits per heavy atom. The van der Waals surface area contributed by atoms with Crippen molar-refractivity contribution >= 4 is 48.3 Å². The van der Waals surface area contributed by atoms with Crippen LogP contribution >= 0.6 is 0 Å². The highest BCUT2D eigenvalue weighted by Crippen LogP contribution is 2.20. The number of hydrogen-bond acceptors (Lipinski definition) is 4. The zero-order chi connectivity index (χ0) is 17.9. The monoisotopic (exact) mass is 343 g/mol. The number of carbonyl (C=O) groups is 2. The fourth-order valence-corrected chi connectivity index (χ4v) is 3.70. The van der Waals surface area contributed by atoms with Crippen LogP contribution < -0.4 is 16.2 Å². The number of aliphatic carboxylic acids is 1. The van der Waals surface area contributed by atoms with E-state index in [1.165, 1.54) is 24.3 Å². The van der Waals surface area contributed by atoms with Gasteiger partial charge in [0.1, 0.15) is 22.2 Å². The molecule has 2 aromatic rings. The molecule has 6 nitrogen and oxygen atoms in total. The zero-order valence-corrected chi connectivity index (χ0v) is 14.1. The second-order valence-corrected chi connectivity index (χ2v) is 7.38. The summed E-state index contributed by atoms with van der Waals surface area (Å²) in [6.45, 7) is -0.535. The van der Waals surface area contributed by atoms with Crippen molar-refractivity contribution < 1.29 is 23.1 Å². The van der Waals surface area contributed by atoms with Gasteiger partial charge in [0.05, 0.1) is 9.79 Å². The molecular weight excluding hydrogens is 328 g/mol. The number of amides is 1. The molecule has 0 fully saturated rings. The Morgan fingerprint density at radius 1 is 1.00 bits per heavy atom. The first-order valence-electron chi connectivity index (χ1n) is 7.13. The summed E-state index contributed by atoms with van der Waals surface area (Å²) in [5, 5.41) is 10.8. The Bertz CT molecular complexity index is 912. The van der Waals surface area contributed by atoms with Gasteiger partial charge in [-0.3, -0.25) is 9.59 Å². The van der Waals surface area contributed by atoms with Crippen LogP contribution in [0.2, 0.25) is 0 Å². The quantitative estimate of drug-likeness (QED) is 0.603. The smallest absolute Gasteiger partial charge is 0.322 e. The molecule has 9 heteroatoms. The van der Waals surface area contributed by atoms with Gasteiger partial charge in [-0.05, 0) is 24.3 Å². The summed E-state index contributed by atoms with van der Waals surface area (Å²) in [6, 6.07) is 10.7. The molecule has 0 heterocycles. The van der Waals surface area contributed by atoms with E-state index in [-0.39, 0.29) is 15.4 Å². The molecule has 2 aromatic carbocycles. The molecule has 2 rings (SSSR count). The van der Waals surface area contributed by atoms with Gasteiger partial charge in [0.25, 0.3) is 5.91 Å². The van der Waals surface area contributed by atoms with E-state index < -0.39 is 28.3 Å². The molecule has 0 aliphatic carbocycles. The maximum atomic E-state index is 12.8. The van der Waals surface area contributed by atoms with Crippen molar-refractivity contribution in [1.29, 1.82) is 0 Å². The van der Waals surface area contributed by atoms with E-state index in [0.29, 0.717) is 5.46 Å². The van der Waals surface area contributed by atoms with Crippen LogP contribution in [-0.2, 0) is 14.6 Å². The lowest BCUT2D eigenvalue weighted by atomic mass is 9.94. The third kappa shape index (κ3) is 4.05. The Hall–Kier alpha value is -2.54. The zero-order valence-electron chi connectivity index (χ0n) is 13.2. The van der Waals surface area contributed by atoms with E-state index >= 15 is 0 Å². The normalized spacial score (nSPS) is 11.0. The number of carboxylic acid groups (broad SMARTS) is 1. The molecule has 2 N–H and O–H groups in total.